The molecule has 34 heavy (non-hydrogen) atoms. The second kappa shape index (κ2) is 8.25. The highest BCUT2D eigenvalue weighted by molar-refractivity contribution is 7.14. The van der Waals surface area contributed by atoms with Gasteiger partial charge in [-0.15, -0.1) is 11.3 Å². The summed E-state index contributed by atoms with van der Waals surface area (Å²) in [6, 6.07) is 15.1. The molecular formula is C25H22N4O4S. The Bertz CT molecular complexity index is 1400. The van der Waals surface area contributed by atoms with Crippen molar-refractivity contribution in [3.63, 3.8) is 0 Å². The van der Waals surface area contributed by atoms with Crippen LogP contribution in [0.1, 0.15) is 22.3 Å². The molecule has 2 aromatic heterocycles. The minimum absolute atomic E-state index is 0.0172. The zero-order valence-electron chi connectivity index (χ0n) is 18.4. The van der Waals surface area contributed by atoms with E-state index in [1.165, 1.54) is 0 Å². The first-order valence-corrected chi connectivity index (χ1v) is 12.1. The number of nitrogens with one attached hydrogen (secondary N) is 1. The number of carbonyl (C=O) groups is 2. The Hall–Kier alpha value is -3.72. The molecule has 1 aliphatic carbocycles. The molecule has 1 saturated carbocycles. The predicted octanol–water partition coefficient (Wildman–Crippen LogP) is 4.51. The number of amides is 2. The van der Waals surface area contributed by atoms with E-state index in [0.29, 0.717) is 29.4 Å². The van der Waals surface area contributed by atoms with Crippen LogP contribution < -0.4 is 10.1 Å². The fourth-order valence-electron chi connectivity index (χ4n) is 4.90. The Morgan fingerprint density at radius 2 is 2.09 bits per heavy atom. The third kappa shape index (κ3) is 3.71. The normalized spacial score (nSPS) is 20.9. The molecule has 9 heteroatoms. The van der Waals surface area contributed by atoms with Gasteiger partial charge in [0.25, 0.3) is 5.91 Å². The molecule has 1 aliphatic heterocycles. The van der Waals surface area contributed by atoms with Gasteiger partial charge in [0.15, 0.2) is 11.3 Å². The Labute approximate surface area is 199 Å². The second-order valence-electron chi connectivity index (χ2n) is 8.88. The van der Waals surface area contributed by atoms with E-state index in [0.717, 1.165) is 34.5 Å². The van der Waals surface area contributed by atoms with Crippen molar-refractivity contribution in [1.82, 2.24) is 20.5 Å². The number of hydrogen-bond donors (Lipinski definition) is 1. The molecular weight excluding hydrogens is 452 g/mol. The SMILES string of the molecule is Cc1cccc(-c2sccc2C(=O)N2C[C@@H]3C[C@@H]3[C@H]2CNC(=O)Oc2cccc3nonc23)c1. The van der Waals surface area contributed by atoms with Gasteiger partial charge in [-0.3, -0.25) is 4.79 Å². The summed E-state index contributed by atoms with van der Waals surface area (Å²) < 4.78 is 10.2. The fraction of sp³-hybridized carbons (Fsp3) is 0.280. The lowest BCUT2D eigenvalue weighted by molar-refractivity contribution is 0.0706. The average Bonchev–Trinajstić information content (AvgIpc) is 3.22. The number of fused-ring (bicyclic) bond motifs is 2. The van der Waals surface area contributed by atoms with Crippen LogP contribution >= 0.6 is 11.3 Å². The summed E-state index contributed by atoms with van der Waals surface area (Å²) in [6.07, 6.45) is 0.492. The van der Waals surface area contributed by atoms with E-state index in [1.54, 1.807) is 29.5 Å². The van der Waals surface area contributed by atoms with Crippen LogP contribution in [0.25, 0.3) is 21.5 Å². The zero-order valence-corrected chi connectivity index (χ0v) is 19.2. The number of aryl methyl sites for hydroxylation is 1. The molecule has 2 aliphatic rings. The molecule has 2 aromatic carbocycles. The minimum atomic E-state index is -0.594. The standard InChI is InChI=1S/C25H22N4O4S/c1-14-4-2-5-15(10-14)23-17(8-9-34-23)24(30)29-13-16-11-18(16)20(29)12-26-25(31)32-21-7-3-6-19-22(21)28-33-27-19/h2-10,16,18,20H,11-13H2,1H3,(H,26,31)/t16-,18-,20+/m0/s1. The summed E-state index contributed by atoms with van der Waals surface area (Å²) >= 11 is 1.58. The van der Waals surface area contributed by atoms with Gasteiger partial charge in [-0.1, -0.05) is 35.9 Å². The molecule has 1 N–H and O–H groups in total. The minimum Gasteiger partial charge on any atom is -0.408 e. The third-order valence-electron chi connectivity index (χ3n) is 6.65. The Kier molecular flexibility index (Phi) is 5.06. The highest BCUT2D eigenvalue weighted by atomic mass is 32.1. The number of rotatable bonds is 5. The highest BCUT2D eigenvalue weighted by Crippen LogP contribution is 2.50. The molecule has 6 rings (SSSR count). The lowest BCUT2D eigenvalue weighted by Gasteiger charge is -2.28. The van der Waals surface area contributed by atoms with Crippen molar-refractivity contribution in [3.05, 3.63) is 65.0 Å². The van der Waals surface area contributed by atoms with Crippen LogP contribution in [0.15, 0.2) is 58.5 Å². The molecule has 3 atom stereocenters. The van der Waals surface area contributed by atoms with Crippen LogP contribution in [0.3, 0.4) is 0 Å². The van der Waals surface area contributed by atoms with Gasteiger partial charge in [-0.25, -0.2) is 9.42 Å². The van der Waals surface area contributed by atoms with Gasteiger partial charge in [-0.2, -0.15) is 0 Å². The summed E-state index contributed by atoms with van der Waals surface area (Å²) in [6.45, 7) is 3.10. The molecule has 1 saturated heterocycles. The molecule has 2 amide bonds. The van der Waals surface area contributed by atoms with Crippen LogP contribution in [-0.4, -0.2) is 46.3 Å². The largest absolute Gasteiger partial charge is 0.412 e. The first kappa shape index (κ1) is 20.9. The van der Waals surface area contributed by atoms with Crippen molar-refractivity contribution in [1.29, 1.82) is 0 Å². The number of thiophene rings is 1. The van der Waals surface area contributed by atoms with Crippen molar-refractivity contribution in [2.75, 3.05) is 13.1 Å². The fourth-order valence-corrected chi connectivity index (χ4v) is 5.78. The number of nitrogens with zero attached hydrogens (tertiary/aromatic N) is 3. The molecule has 4 aromatic rings. The summed E-state index contributed by atoms with van der Waals surface area (Å²) in [5, 5.41) is 12.3. The summed E-state index contributed by atoms with van der Waals surface area (Å²) in [4.78, 5) is 29.0. The van der Waals surface area contributed by atoms with E-state index in [-0.39, 0.29) is 17.7 Å². The van der Waals surface area contributed by atoms with Gasteiger partial charge in [0.2, 0.25) is 0 Å². The topological polar surface area (TPSA) is 97.6 Å². The van der Waals surface area contributed by atoms with Crippen molar-refractivity contribution < 1.29 is 19.0 Å². The third-order valence-corrected chi connectivity index (χ3v) is 7.61. The van der Waals surface area contributed by atoms with E-state index >= 15 is 0 Å². The van der Waals surface area contributed by atoms with Gasteiger partial charge in [0.1, 0.15) is 5.52 Å². The van der Waals surface area contributed by atoms with Crippen LogP contribution in [0.4, 0.5) is 4.79 Å². The summed E-state index contributed by atoms with van der Waals surface area (Å²) in [5.74, 6) is 1.21. The van der Waals surface area contributed by atoms with Gasteiger partial charge < -0.3 is 15.0 Å². The highest BCUT2D eigenvalue weighted by Gasteiger charge is 2.54. The van der Waals surface area contributed by atoms with E-state index < -0.39 is 6.09 Å². The Morgan fingerprint density at radius 1 is 1.21 bits per heavy atom. The maximum Gasteiger partial charge on any atom is 0.412 e. The van der Waals surface area contributed by atoms with Crippen LogP contribution in [0.2, 0.25) is 0 Å². The number of carbonyl (C=O) groups excluding carboxylic acids is 2. The molecule has 3 heterocycles. The first-order valence-electron chi connectivity index (χ1n) is 11.2. The lowest BCUT2D eigenvalue weighted by atomic mass is 10.1. The van der Waals surface area contributed by atoms with E-state index in [4.69, 9.17) is 9.37 Å². The van der Waals surface area contributed by atoms with Crippen LogP contribution in [0, 0.1) is 18.8 Å². The van der Waals surface area contributed by atoms with E-state index in [9.17, 15) is 9.59 Å². The number of piperidine rings is 1. The summed E-state index contributed by atoms with van der Waals surface area (Å²) in [5.41, 5.74) is 3.83. The Morgan fingerprint density at radius 3 is 2.97 bits per heavy atom. The molecule has 0 radical (unpaired) electrons. The first-order chi connectivity index (χ1) is 16.6. The Balaban J connectivity index is 1.16. The van der Waals surface area contributed by atoms with Crippen molar-refractivity contribution in [2.45, 2.75) is 19.4 Å². The second-order valence-corrected chi connectivity index (χ2v) is 9.79. The maximum absolute atomic E-state index is 13.6. The molecule has 0 bridgehead atoms. The quantitative estimate of drug-likeness (QED) is 0.457. The van der Waals surface area contributed by atoms with Crippen LogP contribution in [-0.2, 0) is 0 Å². The number of likely N-dealkylation sites (tertiary alicyclic amines) is 1. The maximum atomic E-state index is 13.6. The van der Waals surface area contributed by atoms with Crippen molar-refractivity contribution in [3.8, 4) is 16.2 Å². The number of hydrogen-bond acceptors (Lipinski definition) is 7. The number of aromatic nitrogens is 2. The molecule has 8 nitrogen and oxygen atoms in total. The predicted molar refractivity (Wildman–Crippen MR) is 127 cm³/mol. The van der Waals surface area contributed by atoms with Crippen molar-refractivity contribution >= 4 is 34.4 Å². The van der Waals surface area contributed by atoms with Gasteiger partial charge in [0.05, 0.1) is 11.6 Å². The van der Waals surface area contributed by atoms with Gasteiger partial charge >= 0.3 is 6.09 Å². The monoisotopic (exact) mass is 474 g/mol. The van der Waals surface area contributed by atoms with Crippen molar-refractivity contribution in [2.24, 2.45) is 11.8 Å². The molecule has 2 fully saturated rings. The van der Waals surface area contributed by atoms with Gasteiger partial charge in [-0.05, 0) is 64.6 Å². The van der Waals surface area contributed by atoms with E-state index in [1.807, 2.05) is 41.5 Å². The van der Waals surface area contributed by atoms with Crippen LogP contribution in [0.5, 0.6) is 5.75 Å². The van der Waals surface area contributed by atoms with Gasteiger partial charge in [0, 0.05) is 18.0 Å². The summed E-state index contributed by atoms with van der Waals surface area (Å²) in [7, 11) is 0. The molecule has 0 spiro atoms. The molecule has 172 valence electrons. The lowest BCUT2D eigenvalue weighted by Crippen LogP contribution is -2.46. The smallest absolute Gasteiger partial charge is 0.408 e. The average molecular weight is 475 g/mol. The zero-order chi connectivity index (χ0) is 23.2. The number of benzene rings is 2. The molecule has 0 unspecified atom stereocenters. The van der Waals surface area contributed by atoms with E-state index in [2.05, 4.69) is 21.7 Å². The number of ether oxygens (including phenoxy) is 1.